The van der Waals surface area contributed by atoms with E-state index in [9.17, 15) is 14.7 Å². The summed E-state index contributed by atoms with van der Waals surface area (Å²) in [6, 6.07) is 5.47. The number of hydrogen-bond acceptors (Lipinski definition) is 5. The van der Waals surface area contributed by atoms with E-state index >= 15 is 0 Å². The van der Waals surface area contributed by atoms with E-state index in [1.165, 1.54) is 22.7 Å². The SMILES string of the molecule is O=C(NCc1ccsc1)C(=O)NCC(O)c1cccs1. The minimum Gasteiger partial charge on any atom is -0.386 e. The average molecular weight is 310 g/mol. The molecule has 106 valence electrons. The molecule has 3 N–H and O–H groups in total. The molecule has 1 unspecified atom stereocenters. The number of nitrogens with one attached hydrogen (secondary N) is 2. The Balaban J connectivity index is 1.72. The van der Waals surface area contributed by atoms with Crippen LogP contribution in [0.5, 0.6) is 0 Å². The van der Waals surface area contributed by atoms with Crippen molar-refractivity contribution in [1.29, 1.82) is 0 Å². The van der Waals surface area contributed by atoms with E-state index in [-0.39, 0.29) is 6.54 Å². The van der Waals surface area contributed by atoms with E-state index in [0.29, 0.717) is 6.54 Å². The van der Waals surface area contributed by atoms with Gasteiger partial charge in [-0.15, -0.1) is 11.3 Å². The Kier molecular flexibility index (Phi) is 5.28. The number of thiophene rings is 2. The van der Waals surface area contributed by atoms with Crippen molar-refractivity contribution in [2.75, 3.05) is 6.54 Å². The average Bonchev–Trinajstić information content (AvgIpc) is 3.13. The maximum Gasteiger partial charge on any atom is 0.309 e. The summed E-state index contributed by atoms with van der Waals surface area (Å²) in [5, 5.41) is 20.4. The van der Waals surface area contributed by atoms with Gasteiger partial charge in [0.25, 0.3) is 0 Å². The fourth-order valence-electron chi connectivity index (χ4n) is 1.51. The van der Waals surface area contributed by atoms with Crippen LogP contribution in [0.25, 0.3) is 0 Å². The van der Waals surface area contributed by atoms with Gasteiger partial charge < -0.3 is 15.7 Å². The van der Waals surface area contributed by atoms with Crippen LogP contribution in [0, 0.1) is 0 Å². The highest BCUT2D eigenvalue weighted by Gasteiger charge is 2.15. The number of aliphatic hydroxyl groups is 1. The molecule has 2 aromatic heterocycles. The molecule has 0 aromatic carbocycles. The zero-order valence-corrected chi connectivity index (χ0v) is 12.2. The Morgan fingerprint density at radius 1 is 1.20 bits per heavy atom. The van der Waals surface area contributed by atoms with Crippen molar-refractivity contribution in [3.63, 3.8) is 0 Å². The highest BCUT2D eigenvalue weighted by atomic mass is 32.1. The van der Waals surface area contributed by atoms with Gasteiger partial charge in [-0.1, -0.05) is 6.07 Å². The smallest absolute Gasteiger partial charge is 0.309 e. The molecule has 0 spiro atoms. The van der Waals surface area contributed by atoms with E-state index in [2.05, 4.69) is 10.6 Å². The highest BCUT2D eigenvalue weighted by molar-refractivity contribution is 7.10. The molecule has 5 nitrogen and oxygen atoms in total. The molecular weight excluding hydrogens is 296 g/mol. The number of carbonyl (C=O) groups is 2. The first-order valence-corrected chi connectivity index (χ1v) is 7.77. The number of carbonyl (C=O) groups excluding carboxylic acids is 2. The number of amides is 2. The van der Waals surface area contributed by atoms with Crippen molar-refractivity contribution in [2.45, 2.75) is 12.6 Å². The first-order valence-electron chi connectivity index (χ1n) is 5.95. The lowest BCUT2D eigenvalue weighted by molar-refractivity contribution is -0.139. The standard InChI is InChI=1S/C13H14N2O3S2/c16-10(11-2-1-4-20-11)7-15-13(18)12(17)14-6-9-3-5-19-8-9/h1-5,8,10,16H,6-7H2,(H,14,17)(H,15,18). The molecule has 2 heterocycles. The Morgan fingerprint density at radius 3 is 2.65 bits per heavy atom. The summed E-state index contributed by atoms with van der Waals surface area (Å²) >= 11 is 2.93. The molecule has 2 amide bonds. The van der Waals surface area contributed by atoms with E-state index in [1.54, 1.807) is 6.07 Å². The van der Waals surface area contributed by atoms with Gasteiger partial charge in [-0.3, -0.25) is 9.59 Å². The largest absolute Gasteiger partial charge is 0.386 e. The lowest BCUT2D eigenvalue weighted by Gasteiger charge is -2.10. The summed E-state index contributed by atoms with van der Waals surface area (Å²) in [6.45, 7) is 0.342. The molecule has 0 bridgehead atoms. The van der Waals surface area contributed by atoms with E-state index < -0.39 is 17.9 Å². The summed E-state index contributed by atoms with van der Waals surface area (Å²) in [7, 11) is 0. The zero-order valence-electron chi connectivity index (χ0n) is 10.5. The predicted octanol–water partition coefficient (Wildman–Crippen LogP) is 1.28. The minimum absolute atomic E-state index is 0.0191. The summed E-state index contributed by atoms with van der Waals surface area (Å²) in [6.07, 6.45) is -0.788. The molecule has 0 aliphatic carbocycles. The lowest BCUT2D eigenvalue weighted by Crippen LogP contribution is -2.41. The molecule has 0 fully saturated rings. The second-order valence-corrected chi connectivity index (χ2v) is 5.81. The van der Waals surface area contributed by atoms with Crippen LogP contribution >= 0.6 is 22.7 Å². The summed E-state index contributed by atoms with van der Waals surface area (Å²) in [4.78, 5) is 23.8. The molecular formula is C13H14N2O3S2. The quantitative estimate of drug-likeness (QED) is 0.728. The first kappa shape index (κ1) is 14.7. The molecule has 1 atom stereocenters. The van der Waals surface area contributed by atoms with Crippen molar-refractivity contribution in [1.82, 2.24) is 10.6 Å². The summed E-state index contributed by atoms with van der Waals surface area (Å²) < 4.78 is 0. The molecule has 0 saturated heterocycles. The lowest BCUT2D eigenvalue weighted by atomic mass is 10.3. The number of rotatable bonds is 5. The van der Waals surface area contributed by atoms with Gasteiger partial charge in [0.1, 0.15) is 6.10 Å². The Morgan fingerprint density at radius 2 is 2.00 bits per heavy atom. The van der Waals surface area contributed by atoms with Crippen LogP contribution in [-0.2, 0) is 16.1 Å². The molecule has 0 aliphatic heterocycles. The fourth-order valence-corrected chi connectivity index (χ4v) is 2.89. The van der Waals surface area contributed by atoms with Gasteiger partial charge in [-0.2, -0.15) is 11.3 Å². The van der Waals surface area contributed by atoms with Crippen molar-refractivity contribution in [3.8, 4) is 0 Å². The van der Waals surface area contributed by atoms with Crippen LogP contribution in [-0.4, -0.2) is 23.5 Å². The number of aliphatic hydroxyl groups excluding tert-OH is 1. The molecule has 0 aliphatic rings. The van der Waals surface area contributed by atoms with Gasteiger partial charge in [-0.25, -0.2) is 0 Å². The first-order chi connectivity index (χ1) is 9.66. The maximum absolute atomic E-state index is 11.5. The van der Waals surface area contributed by atoms with Gasteiger partial charge in [-0.05, 0) is 33.8 Å². The normalized spacial score (nSPS) is 11.8. The second-order valence-electron chi connectivity index (χ2n) is 4.06. The number of hydrogen-bond donors (Lipinski definition) is 3. The third-order valence-corrected chi connectivity index (χ3v) is 4.27. The van der Waals surface area contributed by atoms with Gasteiger partial charge in [0.15, 0.2) is 0 Å². The molecule has 20 heavy (non-hydrogen) atoms. The third kappa shape index (κ3) is 4.16. The Bertz CT molecular complexity index is 552. The van der Waals surface area contributed by atoms with E-state index in [1.807, 2.05) is 28.3 Å². The van der Waals surface area contributed by atoms with Crippen molar-refractivity contribution < 1.29 is 14.7 Å². The van der Waals surface area contributed by atoms with Crippen LogP contribution in [0.1, 0.15) is 16.5 Å². The highest BCUT2D eigenvalue weighted by Crippen LogP contribution is 2.17. The predicted molar refractivity (Wildman–Crippen MR) is 78.5 cm³/mol. The molecule has 0 radical (unpaired) electrons. The van der Waals surface area contributed by atoms with Gasteiger partial charge in [0, 0.05) is 18.0 Å². The minimum atomic E-state index is -0.788. The van der Waals surface area contributed by atoms with E-state index in [4.69, 9.17) is 0 Å². The molecule has 0 saturated carbocycles. The van der Waals surface area contributed by atoms with Gasteiger partial charge >= 0.3 is 11.8 Å². The third-order valence-electron chi connectivity index (χ3n) is 2.57. The molecule has 7 heteroatoms. The van der Waals surface area contributed by atoms with Crippen molar-refractivity contribution >= 4 is 34.5 Å². The summed E-state index contributed by atoms with van der Waals surface area (Å²) in [5.41, 5.74) is 0.953. The van der Waals surface area contributed by atoms with Crippen LogP contribution < -0.4 is 10.6 Å². The second kappa shape index (κ2) is 7.18. The van der Waals surface area contributed by atoms with E-state index in [0.717, 1.165) is 10.4 Å². The molecule has 2 aromatic rings. The Labute approximate surface area is 124 Å². The summed E-state index contributed by atoms with van der Waals surface area (Å²) in [5.74, 6) is -1.44. The monoisotopic (exact) mass is 310 g/mol. The Hall–Kier alpha value is -1.70. The van der Waals surface area contributed by atoms with Crippen LogP contribution in [0.15, 0.2) is 34.3 Å². The van der Waals surface area contributed by atoms with Gasteiger partial charge in [0.2, 0.25) is 0 Å². The fraction of sp³-hybridized carbons (Fsp3) is 0.231. The van der Waals surface area contributed by atoms with Gasteiger partial charge in [0.05, 0.1) is 0 Å². The topological polar surface area (TPSA) is 78.4 Å². The van der Waals surface area contributed by atoms with Crippen LogP contribution in [0.4, 0.5) is 0 Å². The van der Waals surface area contributed by atoms with Crippen molar-refractivity contribution in [2.24, 2.45) is 0 Å². The van der Waals surface area contributed by atoms with Crippen LogP contribution in [0.3, 0.4) is 0 Å². The zero-order chi connectivity index (χ0) is 14.4. The molecule has 2 rings (SSSR count). The van der Waals surface area contributed by atoms with Crippen LogP contribution in [0.2, 0.25) is 0 Å². The maximum atomic E-state index is 11.5. The van der Waals surface area contributed by atoms with Crippen molar-refractivity contribution in [3.05, 3.63) is 44.8 Å².